The summed E-state index contributed by atoms with van der Waals surface area (Å²) < 4.78 is 0. The number of carbonyl (C=O) groups excluding carboxylic acids is 1. The van der Waals surface area contributed by atoms with E-state index in [4.69, 9.17) is 11.6 Å². The molecule has 0 amide bonds. The van der Waals surface area contributed by atoms with E-state index in [-0.39, 0.29) is 0 Å². The predicted molar refractivity (Wildman–Crippen MR) is 85.6 cm³/mol. The Hall–Kier alpha value is -1.52. The Morgan fingerprint density at radius 2 is 1.60 bits per heavy atom. The summed E-state index contributed by atoms with van der Waals surface area (Å²) >= 11 is 7.42. The third kappa shape index (κ3) is 2.81. The maximum Gasteiger partial charge on any atom is 0.160 e. The van der Waals surface area contributed by atoms with Gasteiger partial charge in [0.25, 0.3) is 0 Å². The number of rotatable bonds is 3. The van der Waals surface area contributed by atoms with E-state index in [0.717, 1.165) is 48.1 Å². The molecule has 20 heavy (non-hydrogen) atoms. The molecule has 0 atom stereocenters. The molecule has 1 aromatic carbocycles. The number of hydrogen-bond acceptors (Lipinski definition) is 4. The van der Waals surface area contributed by atoms with Gasteiger partial charge in [0.15, 0.2) is 6.29 Å². The number of thiophene rings is 1. The molecule has 0 N–H and O–H groups in total. The third-order valence-corrected chi connectivity index (χ3v) is 4.66. The highest BCUT2D eigenvalue weighted by molar-refractivity contribution is 7.12. The molecular formula is C15H15ClN2OS. The van der Waals surface area contributed by atoms with Crippen LogP contribution < -0.4 is 9.80 Å². The summed E-state index contributed by atoms with van der Waals surface area (Å²) in [5.41, 5.74) is 2.38. The summed E-state index contributed by atoms with van der Waals surface area (Å²) in [5, 5.41) is 2.83. The molecule has 1 fully saturated rings. The average Bonchev–Trinajstić information content (AvgIpc) is 2.97. The van der Waals surface area contributed by atoms with Gasteiger partial charge < -0.3 is 9.80 Å². The van der Waals surface area contributed by atoms with Crippen molar-refractivity contribution in [2.45, 2.75) is 0 Å². The summed E-state index contributed by atoms with van der Waals surface area (Å²) in [6.07, 6.45) is 0.915. The van der Waals surface area contributed by atoms with Crippen LogP contribution in [-0.4, -0.2) is 32.5 Å². The van der Waals surface area contributed by atoms with Crippen molar-refractivity contribution < 1.29 is 4.79 Å². The first-order chi connectivity index (χ1) is 9.76. The molecule has 0 saturated carbocycles. The smallest absolute Gasteiger partial charge is 0.160 e. The van der Waals surface area contributed by atoms with Gasteiger partial charge in [-0.15, -0.1) is 11.3 Å². The number of piperazine rings is 1. The van der Waals surface area contributed by atoms with Crippen molar-refractivity contribution >= 4 is 40.6 Å². The molecule has 5 heteroatoms. The largest absolute Gasteiger partial charge is 0.368 e. The fourth-order valence-corrected chi connectivity index (χ4v) is 3.29. The van der Waals surface area contributed by atoms with E-state index in [1.807, 2.05) is 18.2 Å². The van der Waals surface area contributed by atoms with Gasteiger partial charge in [-0.05, 0) is 30.3 Å². The minimum absolute atomic E-state index is 0.770. The predicted octanol–water partition coefficient (Wildman–Crippen LogP) is 3.54. The highest BCUT2D eigenvalue weighted by Crippen LogP contribution is 2.25. The Bertz CT molecular complexity index is 588. The van der Waals surface area contributed by atoms with Gasteiger partial charge in [0.05, 0.1) is 4.88 Å². The molecule has 1 saturated heterocycles. The number of aldehydes is 1. The van der Waals surface area contributed by atoms with Crippen molar-refractivity contribution in [2.75, 3.05) is 36.0 Å². The molecule has 3 rings (SSSR count). The summed E-state index contributed by atoms with van der Waals surface area (Å²) in [5.74, 6) is 0. The Labute approximate surface area is 127 Å². The van der Waals surface area contributed by atoms with Crippen LogP contribution >= 0.6 is 22.9 Å². The number of halogens is 1. The molecule has 0 aliphatic carbocycles. The second-order valence-corrected chi connectivity index (χ2v) is 6.15. The van der Waals surface area contributed by atoms with E-state index in [0.29, 0.717) is 0 Å². The van der Waals surface area contributed by atoms with Gasteiger partial charge in [-0.2, -0.15) is 0 Å². The van der Waals surface area contributed by atoms with Gasteiger partial charge in [-0.1, -0.05) is 11.6 Å². The van der Waals surface area contributed by atoms with Gasteiger partial charge in [0, 0.05) is 48.0 Å². The van der Waals surface area contributed by atoms with Crippen LogP contribution in [0, 0.1) is 0 Å². The zero-order valence-corrected chi connectivity index (χ0v) is 12.5. The first kappa shape index (κ1) is 13.5. The second-order valence-electron chi connectivity index (χ2n) is 4.78. The standard InChI is InChI=1S/C15H15ClN2OS/c16-12-1-3-13(4-2-12)17-5-7-18(8-6-17)14-9-15(10-19)20-11-14/h1-4,9-11H,5-8H2. The summed E-state index contributed by atoms with van der Waals surface area (Å²) in [4.78, 5) is 16.2. The van der Waals surface area contributed by atoms with Crippen molar-refractivity contribution in [2.24, 2.45) is 0 Å². The number of anilines is 2. The lowest BCUT2D eigenvalue weighted by molar-refractivity contribution is 0.112. The second kappa shape index (κ2) is 5.85. The number of hydrogen-bond donors (Lipinski definition) is 0. The fourth-order valence-electron chi connectivity index (χ4n) is 2.44. The topological polar surface area (TPSA) is 23.6 Å². The summed E-state index contributed by atoms with van der Waals surface area (Å²) in [7, 11) is 0. The Morgan fingerprint density at radius 1 is 1.00 bits per heavy atom. The highest BCUT2D eigenvalue weighted by Gasteiger charge is 2.18. The van der Waals surface area contributed by atoms with Crippen LogP contribution in [0.1, 0.15) is 9.67 Å². The van der Waals surface area contributed by atoms with Crippen molar-refractivity contribution in [1.29, 1.82) is 0 Å². The molecule has 3 nitrogen and oxygen atoms in total. The van der Waals surface area contributed by atoms with Gasteiger partial charge in [0.2, 0.25) is 0 Å². The van der Waals surface area contributed by atoms with E-state index >= 15 is 0 Å². The SMILES string of the molecule is O=Cc1cc(N2CCN(c3ccc(Cl)cc3)CC2)cs1. The van der Waals surface area contributed by atoms with Crippen molar-refractivity contribution in [3.63, 3.8) is 0 Å². The monoisotopic (exact) mass is 306 g/mol. The van der Waals surface area contributed by atoms with E-state index in [1.165, 1.54) is 17.0 Å². The Morgan fingerprint density at radius 3 is 2.15 bits per heavy atom. The lowest BCUT2D eigenvalue weighted by atomic mass is 10.2. The van der Waals surface area contributed by atoms with Crippen LogP contribution in [-0.2, 0) is 0 Å². The van der Waals surface area contributed by atoms with Crippen LogP contribution in [0.25, 0.3) is 0 Å². The number of carbonyl (C=O) groups is 1. The van der Waals surface area contributed by atoms with Gasteiger partial charge in [-0.3, -0.25) is 4.79 Å². The van der Waals surface area contributed by atoms with Crippen LogP contribution in [0.15, 0.2) is 35.7 Å². The Balaban J connectivity index is 1.64. The third-order valence-electron chi connectivity index (χ3n) is 3.56. The number of nitrogens with zero attached hydrogens (tertiary/aromatic N) is 2. The molecule has 0 spiro atoms. The summed E-state index contributed by atoms with van der Waals surface area (Å²) in [6.45, 7) is 3.90. The molecule has 104 valence electrons. The lowest BCUT2D eigenvalue weighted by Gasteiger charge is -2.37. The van der Waals surface area contributed by atoms with E-state index in [1.54, 1.807) is 0 Å². The normalized spacial score (nSPS) is 15.4. The quantitative estimate of drug-likeness (QED) is 0.810. The van der Waals surface area contributed by atoms with Crippen LogP contribution in [0.2, 0.25) is 5.02 Å². The first-order valence-electron chi connectivity index (χ1n) is 6.55. The molecule has 2 heterocycles. The molecule has 0 bridgehead atoms. The molecule has 2 aromatic rings. The molecular weight excluding hydrogens is 292 g/mol. The van der Waals surface area contributed by atoms with Crippen LogP contribution in [0.5, 0.6) is 0 Å². The van der Waals surface area contributed by atoms with Gasteiger partial charge in [0.1, 0.15) is 0 Å². The highest BCUT2D eigenvalue weighted by atomic mass is 35.5. The number of benzene rings is 1. The minimum atomic E-state index is 0.770. The maximum absolute atomic E-state index is 10.7. The zero-order valence-electron chi connectivity index (χ0n) is 11.0. The molecule has 1 aliphatic rings. The molecule has 1 aliphatic heterocycles. The zero-order chi connectivity index (χ0) is 13.9. The minimum Gasteiger partial charge on any atom is -0.368 e. The maximum atomic E-state index is 10.7. The van der Waals surface area contributed by atoms with Crippen LogP contribution in [0.3, 0.4) is 0 Å². The Kier molecular flexibility index (Phi) is 3.94. The first-order valence-corrected chi connectivity index (χ1v) is 7.81. The van der Waals surface area contributed by atoms with Crippen molar-refractivity contribution in [3.8, 4) is 0 Å². The van der Waals surface area contributed by atoms with Gasteiger partial charge in [-0.25, -0.2) is 0 Å². The van der Waals surface area contributed by atoms with E-state index in [2.05, 4.69) is 27.3 Å². The molecule has 0 radical (unpaired) electrons. The van der Waals surface area contributed by atoms with E-state index < -0.39 is 0 Å². The van der Waals surface area contributed by atoms with Crippen molar-refractivity contribution in [3.05, 3.63) is 45.6 Å². The van der Waals surface area contributed by atoms with Crippen LogP contribution in [0.4, 0.5) is 11.4 Å². The average molecular weight is 307 g/mol. The van der Waals surface area contributed by atoms with Crippen molar-refractivity contribution in [1.82, 2.24) is 0 Å². The lowest BCUT2D eigenvalue weighted by Crippen LogP contribution is -2.46. The molecule has 1 aromatic heterocycles. The summed E-state index contributed by atoms with van der Waals surface area (Å²) in [6, 6.07) is 9.95. The van der Waals surface area contributed by atoms with E-state index in [9.17, 15) is 4.79 Å². The fraction of sp³-hybridized carbons (Fsp3) is 0.267. The molecule has 0 unspecified atom stereocenters. The van der Waals surface area contributed by atoms with Gasteiger partial charge >= 0.3 is 0 Å².